The van der Waals surface area contributed by atoms with Crippen LogP contribution in [0.2, 0.25) is 0 Å². The molecule has 0 bridgehead atoms. The maximum absolute atomic E-state index is 12.9. The van der Waals surface area contributed by atoms with Gasteiger partial charge in [0.25, 0.3) is 0 Å². The van der Waals surface area contributed by atoms with Gasteiger partial charge in [0.05, 0.1) is 0 Å². The molecule has 14 heavy (non-hydrogen) atoms. The number of carbonyl (C=O) groups excluding carboxylic acids is 1. The van der Waals surface area contributed by atoms with E-state index in [-0.39, 0.29) is 10.6 Å². The molecule has 0 aliphatic rings. The van der Waals surface area contributed by atoms with Gasteiger partial charge in [-0.2, -0.15) is 0 Å². The Morgan fingerprint density at radius 3 is 2.71 bits per heavy atom. The Morgan fingerprint density at radius 2 is 2.21 bits per heavy atom. The molecule has 0 spiro atoms. The number of hydrogen-bond acceptors (Lipinski definition) is 2. The van der Waals surface area contributed by atoms with Crippen molar-refractivity contribution >= 4 is 21.9 Å². The van der Waals surface area contributed by atoms with E-state index in [0.29, 0.717) is 11.3 Å². The summed E-state index contributed by atoms with van der Waals surface area (Å²) in [6.45, 7) is 3.15. The lowest BCUT2D eigenvalue weighted by atomic mass is 10.1. The molecule has 1 aromatic carbocycles. The van der Waals surface area contributed by atoms with E-state index in [0.717, 1.165) is 0 Å². The third kappa shape index (κ3) is 2.80. The van der Waals surface area contributed by atoms with Gasteiger partial charge in [-0.25, -0.2) is 4.39 Å². The Bertz CT molecular complexity index is 350. The van der Waals surface area contributed by atoms with E-state index < -0.39 is 5.97 Å². The van der Waals surface area contributed by atoms with Crippen LogP contribution in [0.3, 0.4) is 0 Å². The molecule has 0 aliphatic carbocycles. The molecule has 1 aromatic rings. The number of benzene rings is 1. The quantitative estimate of drug-likeness (QED) is 0.464. The first-order chi connectivity index (χ1) is 6.50. The second-order valence-corrected chi connectivity index (χ2v) is 4.27. The van der Waals surface area contributed by atoms with Gasteiger partial charge >= 0.3 is 5.97 Å². The van der Waals surface area contributed by atoms with Gasteiger partial charge in [-0.3, -0.25) is 4.79 Å². The maximum Gasteiger partial charge on any atom is 0.308 e. The molecule has 0 N–H and O–H groups in total. The maximum atomic E-state index is 12.9. The van der Waals surface area contributed by atoms with Crippen molar-refractivity contribution in [2.75, 3.05) is 0 Å². The van der Waals surface area contributed by atoms with Crippen molar-refractivity contribution in [1.29, 1.82) is 0 Å². The van der Waals surface area contributed by atoms with E-state index in [2.05, 4.69) is 15.9 Å². The highest BCUT2D eigenvalue weighted by molar-refractivity contribution is 9.09. The van der Waals surface area contributed by atoms with E-state index in [9.17, 15) is 9.18 Å². The molecule has 2 nitrogen and oxygen atoms in total. The Kier molecular flexibility index (Phi) is 3.63. The summed E-state index contributed by atoms with van der Waals surface area (Å²) in [5.74, 6) is -0.364. The van der Waals surface area contributed by atoms with Crippen LogP contribution in [0.5, 0.6) is 5.75 Å². The third-order valence-electron chi connectivity index (χ3n) is 1.65. The Morgan fingerprint density at radius 1 is 1.57 bits per heavy atom. The zero-order valence-electron chi connectivity index (χ0n) is 7.88. The van der Waals surface area contributed by atoms with E-state index >= 15 is 0 Å². The summed E-state index contributed by atoms with van der Waals surface area (Å²) in [6.07, 6.45) is 0. The molecule has 0 fully saturated rings. The fourth-order valence-electron chi connectivity index (χ4n) is 1.08. The Balaban J connectivity index is 3.08. The summed E-state index contributed by atoms with van der Waals surface area (Å²) in [4.78, 5) is 10.7. The summed E-state index contributed by atoms with van der Waals surface area (Å²) in [5.41, 5.74) is 0.625. The number of alkyl halides is 1. The first-order valence-electron chi connectivity index (χ1n) is 4.12. The van der Waals surface area contributed by atoms with Crippen molar-refractivity contribution in [1.82, 2.24) is 0 Å². The van der Waals surface area contributed by atoms with Gasteiger partial charge in [0.15, 0.2) is 0 Å². The van der Waals surface area contributed by atoms with E-state index in [1.165, 1.54) is 25.1 Å². The fraction of sp³-hybridized carbons (Fsp3) is 0.300. The lowest BCUT2D eigenvalue weighted by Crippen LogP contribution is -2.04. The van der Waals surface area contributed by atoms with Crippen LogP contribution in [0.15, 0.2) is 18.2 Å². The van der Waals surface area contributed by atoms with Crippen LogP contribution >= 0.6 is 15.9 Å². The van der Waals surface area contributed by atoms with E-state index in [1.54, 1.807) is 0 Å². The SMILES string of the molecule is CC(=O)Oc1ccc(F)cc1C(C)Br. The molecule has 0 saturated carbocycles. The van der Waals surface area contributed by atoms with Crippen LogP contribution < -0.4 is 4.74 Å². The molecule has 0 heterocycles. The topological polar surface area (TPSA) is 26.3 Å². The average molecular weight is 261 g/mol. The molecule has 1 unspecified atom stereocenters. The van der Waals surface area contributed by atoms with Gasteiger partial charge in [0, 0.05) is 17.3 Å². The lowest BCUT2D eigenvalue weighted by molar-refractivity contribution is -0.131. The van der Waals surface area contributed by atoms with Crippen molar-refractivity contribution in [3.63, 3.8) is 0 Å². The molecule has 4 heteroatoms. The van der Waals surface area contributed by atoms with Gasteiger partial charge in [-0.15, -0.1) is 0 Å². The number of esters is 1. The Labute approximate surface area is 90.2 Å². The first-order valence-corrected chi connectivity index (χ1v) is 5.04. The normalized spacial score (nSPS) is 12.3. The fourth-order valence-corrected chi connectivity index (χ4v) is 1.44. The summed E-state index contributed by atoms with van der Waals surface area (Å²) in [7, 11) is 0. The highest BCUT2D eigenvalue weighted by atomic mass is 79.9. The molecule has 0 aromatic heterocycles. The van der Waals surface area contributed by atoms with Crippen LogP contribution in [0.4, 0.5) is 4.39 Å². The molecule has 0 amide bonds. The largest absolute Gasteiger partial charge is 0.426 e. The monoisotopic (exact) mass is 260 g/mol. The predicted molar refractivity (Wildman–Crippen MR) is 55.1 cm³/mol. The number of ether oxygens (including phenoxy) is 1. The molecular formula is C10H10BrFO2. The molecule has 0 aliphatic heterocycles. The average Bonchev–Trinajstić information content (AvgIpc) is 2.07. The number of carbonyl (C=O) groups is 1. The lowest BCUT2D eigenvalue weighted by Gasteiger charge is -2.10. The Hall–Kier alpha value is -0.900. The zero-order valence-corrected chi connectivity index (χ0v) is 9.47. The minimum atomic E-state index is -0.411. The second-order valence-electron chi connectivity index (χ2n) is 2.89. The van der Waals surface area contributed by atoms with Crippen LogP contribution in [-0.4, -0.2) is 5.97 Å². The van der Waals surface area contributed by atoms with Gasteiger partial charge < -0.3 is 4.74 Å². The van der Waals surface area contributed by atoms with Crippen molar-refractivity contribution in [3.05, 3.63) is 29.6 Å². The first kappa shape index (κ1) is 11.2. The minimum Gasteiger partial charge on any atom is -0.426 e. The number of hydrogen-bond donors (Lipinski definition) is 0. The molecule has 1 rings (SSSR count). The summed E-state index contributed by atoms with van der Waals surface area (Å²) < 4.78 is 17.8. The number of rotatable bonds is 2. The van der Waals surface area contributed by atoms with E-state index in [1.807, 2.05) is 6.92 Å². The predicted octanol–water partition coefficient (Wildman–Crippen LogP) is 3.21. The summed E-state index contributed by atoms with van der Waals surface area (Å²) in [5, 5.41) is 0. The highest BCUT2D eigenvalue weighted by Gasteiger charge is 2.11. The van der Waals surface area contributed by atoms with Crippen molar-refractivity contribution in [2.24, 2.45) is 0 Å². The molecule has 0 radical (unpaired) electrons. The zero-order chi connectivity index (χ0) is 10.7. The van der Waals surface area contributed by atoms with Gasteiger partial charge in [0.1, 0.15) is 11.6 Å². The van der Waals surface area contributed by atoms with Crippen molar-refractivity contribution < 1.29 is 13.9 Å². The van der Waals surface area contributed by atoms with Crippen LogP contribution in [0, 0.1) is 5.82 Å². The number of halogens is 2. The second kappa shape index (κ2) is 4.55. The van der Waals surface area contributed by atoms with Crippen molar-refractivity contribution in [2.45, 2.75) is 18.7 Å². The standard InChI is InChI=1S/C10H10BrFO2/c1-6(11)9-5-8(12)3-4-10(9)14-7(2)13/h3-6H,1-2H3. The minimum absolute atomic E-state index is 0.0625. The van der Waals surface area contributed by atoms with Gasteiger partial charge in [-0.1, -0.05) is 15.9 Å². The smallest absolute Gasteiger partial charge is 0.308 e. The van der Waals surface area contributed by atoms with Crippen molar-refractivity contribution in [3.8, 4) is 5.75 Å². The molecule has 0 saturated heterocycles. The summed E-state index contributed by atoms with van der Waals surface area (Å²) in [6, 6.07) is 4.05. The van der Waals surface area contributed by atoms with Gasteiger partial charge in [-0.05, 0) is 25.1 Å². The summed E-state index contributed by atoms with van der Waals surface area (Å²) >= 11 is 3.30. The molecular weight excluding hydrogens is 251 g/mol. The molecule has 76 valence electrons. The molecule has 1 atom stereocenters. The van der Waals surface area contributed by atoms with E-state index in [4.69, 9.17) is 4.74 Å². The highest BCUT2D eigenvalue weighted by Crippen LogP contribution is 2.31. The van der Waals surface area contributed by atoms with Gasteiger partial charge in [0.2, 0.25) is 0 Å². The van der Waals surface area contributed by atoms with Crippen LogP contribution in [-0.2, 0) is 4.79 Å². The van der Waals surface area contributed by atoms with Crippen LogP contribution in [0.1, 0.15) is 24.2 Å². The third-order valence-corrected chi connectivity index (χ3v) is 2.15. The van der Waals surface area contributed by atoms with Crippen LogP contribution in [0.25, 0.3) is 0 Å².